The van der Waals surface area contributed by atoms with Crippen LogP contribution >= 0.6 is 11.3 Å². The molecule has 0 bridgehead atoms. The van der Waals surface area contributed by atoms with Gasteiger partial charge in [-0.25, -0.2) is 0 Å². The fourth-order valence-electron chi connectivity index (χ4n) is 1.47. The molecule has 2 aromatic heterocycles. The molecule has 3 rings (SSSR count). The molecule has 1 aliphatic carbocycles. The normalized spacial score (nSPS) is 15.0. The van der Waals surface area contributed by atoms with E-state index < -0.39 is 0 Å². The van der Waals surface area contributed by atoms with Crippen LogP contribution in [0, 0.1) is 0 Å². The average Bonchev–Trinajstić information content (AvgIpc) is 3.08. The first kappa shape index (κ1) is 9.72. The van der Waals surface area contributed by atoms with Gasteiger partial charge in [0.05, 0.1) is 12.2 Å². The van der Waals surface area contributed by atoms with Crippen molar-refractivity contribution in [3.63, 3.8) is 0 Å². The van der Waals surface area contributed by atoms with Gasteiger partial charge in [0.15, 0.2) is 0 Å². The molecule has 1 aliphatic rings. The Morgan fingerprint density at radius 3 is 3.00 bits per heavy atom. The van der Waals surface area contributed by atoms with Gasteiger partial charge < -0.3 is 5.32 Å². The van der Waals surface area contributed by atoms with E-state index in [2.05, 4.69) is 20.5 Å². The van der Waals surface area contributed by atoms with Gasteiger partial charge in [-0.2, -0.15) is 0 Å². The third kappa shape index (κ3) is 2.19. The van der Waals surface area contributed by atoms with Crippen molar-refractivity contribution in [2.75, 3.05) is 5.32 Å². The minimum Gasteiger partial charge on any atom is -0.354 e. The van der Waals surface area contributed by atoms with Gasteiger partial charge in [0.25, 0.3) is 0 Å². The van der Waals surface area contributed by atoms with Gasteiger partial charge in [0.1, 0.15) is 5.01 Å². The number of rotatable bonds is 4. The third-order valence-corrected chi connectivity index (χ3v) is 3.56. The number of anilines is 1. The topological polar surface area (TPSA) is 50.7 Å². The first-order valence-electron chi connectivity index (χ1n) is 5.39. The van der Waals surface area contributed by atoms with Crippen LogP contribution in [0.4, 0.5) is 5.13 Å². The Kier molecular flexibility index (Phi) is 2.53. The molecule has 0 aliphatic heterocycles. The van der Waals surface area contributed by atoms with E-state index in [0.717, 1.165) is 10.8 Å². The number of nitrogens with zero attached hydrogens (tertiary/aromatic N) is 3. The summed E-state index contributed by atoms with van der Waals surface area (Å²) in [6.45, 7) is 0.708. The third-order valence-electron chi connectivity index (χ3n) is 2.51. The molecule has 0 unspecified atom stereocenters. The average molecular weight is 232 g/mol. The summed E-state index contributed by atoms with van der Waals surface area (Å²) >= 11 is 1.66. The maximum absolute atomic E-state index is 4.24. The zero-order chi connectivity index (χ0) is 10.8. The molecule has 0 atom stereocenters. The summed E-state index contributed by atoms with van der Waals surface area (Å²) in [7, 11) is 0. The second-order valence-electron chi connectivity index (χ2n) is 3.89. The molecule has 2 aromatic rings. The van der Waals surface area contributed by atoms with Crippen molar-refractivity contribution in [3.8, 4) is 0 Å². The van der Waals surface area contributed by atoms with Gasteiger partial charge >= 0.3 is 0 Å². The van der Waals surface area contributed by atoms with Crippen molar-refractivity contribution < 1.29 is 0 Å². The fraction of sp³-hybridized carbons (Fsp3) is 0.364. The fourth-order valence-corrected chi connectivity index (χ4v) is 2.38. The zero-order valence-corrected chi connectivity index (χ0v) is 9.57. The molecule has 0 radical (unpaired) electrons. The van der Waals surface area contributed by atoms with Gasteiger partial charge in [-0.3, -0.25) is 4.98 Å². The molecule has 1 fully saturated rings. The molecule has 1 saturated carbocycles. The minimum absolute atomic E-state index is 0.683. The van der Waals surface area contributed by atoms with Crippen molar-refractivity contribution in [2.45, 2.75) is 25.3 Å². The van der Waals surface area contributed by atoms with Crippen LogP contribution in [-0.2, 0) is 6.54 Å². The van der Waals surface area contributed by atoms with Crippen molar-refractivity contribution in [3.05, 3.63) is 35.1 Å². The minimum atomic E-state index is 0.683. The standard InChI is InChI=1S/C11H12N4S/c1-2-6-12-9(3-1)7-13-11-15-14-10(16-11)8-4-5-8/h1-3,6,8H,4-5,7H2,(H,13,15). The summed E-state index contributed by atoms with van der Waals surface area (Å²) < 4.78 is 0. The van der Waals surface area contributed by atoms with E-state index >= 15 is 0 Å². The molecule has 0 amide bonds. The quantitative estimate of drug-likeness (QED) is 0.879. The highest BCUT2D eigenvalue weighted by Crippen LogP contribution is 2.42. The van der Waals surface area contributed by atoms with E-state index in [1.807, 2.05) is 18.2 Å². The molecule has 4 nitrogen and oxygen atoms in total. The second kappa shape index (κ2) is 4.17. The van der Waals surface area contributed by atoms with Crippen LogP contribution in [0.2, 0.25) is 0 Å². The Morgan fingerprint density at radius 1 is 1.31 bits per heavy atom. The molecule has 16 heavy (non-hydrogen) atoms. The highest BCUT2D eigenvalue weighted by molar-refractivity contribution is 7.15. The Hall–Kier alpha value is -1.49. The zero-order valence-electron chi connectivity index (χ0n) is 8.76. The summed E-state index contributed by atoms with van der Waals surface area (Å²) in [5, 5.41) is 13.6. The number of pyridine rings is 1. The van der Waals surface area contributed by atoms with Crippen molar-refractivity contribution in [1.82, 2.24) is 15.2 Å². The molecule has 82 valence electrons. The van der Waals surface area contributed by atoms with E-state index in [9.17, 15) is 0 Å². The molecular formula is C11H12N4S. The highest BCUT2D eigenvalue weighted by atomic mass is 32.1. The molecule has 0 saturated heterocycles. The van der Waals surface area contributed by atoms with Crippen molar-refractivity contribution >= 4 is 16.5 Å². The molecule has 0 aromatic carbocycles. The van der Waals surface area contributed by atoms with Gasteiger partial charge in [-0.1, -0.05) is 17.4 Å². The Morgan fingerprint density at radius 2 is 2.25 bits per heavy atom. The van der Waals surface area contributed by atoms with Gasteiger partial charge in [-0.15, -0.1) is 10.2 Å². The van der Waals surface area contributed by atoms with Crippen molar-refractivity contribution in [2.24, 2.45) is 0 Å². The monoisotopic (exact) mass is 232 g/mol. The number of hydrogen-bond donors (Lipinski definition) is 1. The number of aromatic nitrogens is 3. The second-order valence-corrected chi connectivity index (χ2v) is 4.90. The SMILES string of the molecule is c1ccc(CNc2nnc(C3CC3)s2)nc1. The molecule has 1 N–H and O–H groups in total. The molecule has 5 heteroatoms. The van der Waals surface area contributed by atoms with Crippen LogP contribution in [0.3, 0.4) is 0 Å². The van der Waals surface area contributed by atoms with Crippen LogP contribution < -0.4 is 5.32 Å². The van der Waals surface area contributed by atoms with E-state index in [1.54, 1.807) is 17.5 Å². The highest BCUT2D eigenvalue weighted by Gasteiger charge is 2.27. The van der Waals surface area contributed by atoms with Crippen molar-refractivity contribution in [1.29, 1.82) is 0 Å². The molecule has 2 heterocycles. The molecular weight excluding hydrogens is 220 g/mol. The molecule has 0 spiro atoms. The largest absolute Gasteiger partial charge is 0.354 e. The lowest BCUT2D eigenvalue weighted by atomic mass is 10.3. The van der Waals surface area contributed by atoms with E-state index in [-0.39, 0.29) is 0 Å². The lowest BCUT2D eigenvalue weighted by Gasteiger charge is -1.99. The maximum Gasteiger partial charge on any atom is 0.206 e. The summed E-state index contributed by atoms with van der Waals surface area (Å²) in [6.07, 6.45) is 4.34. The van der Waals surface area contributed by atoms with Crippen LogP contribution in [0.1, 0.15) is 29.5 Å². The predicted octanol–water partition coefficient (Wildman–Crippen LogP) is 2.42. The van der Waals surface area contributed by atoms with Crippen LogP contribution in [0.5, 0.6) is 0 Å². The maximum atomic E-state index is 4.24. The Labute approximate surface area is 97.8 Å². The van der Waals surface area contributed by atoms with E-state index in [0.29, 0.717) is 12.5 Å². The smallest absolute Gasteiger partial charge is 0.206 e. The summed E-state index contributed by atoms with van der Waals surface area (Å²) in [4.78, 5) is 4.24. The first-order chi connectivity index (χ1) is 7.92. The van der Waals surface area contributed by atoms with Crippen LogP contribution in [-0.4, -0.2) is 15.2 Å². The van der Waals surface area contributed by atoms with Gasteiger partial charge in [-0.05, 0) is 25.0 Å². The first-order valence-corrected chi connectivity index (χ1v) is 6.20. The lowest BCUT2D eigenvalue weighted by Crippen LogP contribution is -2.00. The van der Waals surface area contributed by atoms with E-state index in [4.69, 9.17) is 0 Å². The summed E-state index contributed by atoms with van der Waals surface area (Å²) in [5.74, 6) is 0.683. The predicted molar refractivity (Wildman–Crippen MR) is 63.4 cm³/mol. The van der Waals surface area contributed by atoms with Gasteiger partial charge in [0.2, 0.25) is 5.13 Å². The van der Waals surface area contributed by atoms with Crippen LogP contribution in [0.15, 0.2) is 24.4 Å². The van der Waals surface area contributed by atoms with Crippen LogP contribution in [0.25, 0.3) is 0 Å². The van der Waals surface area contributed by atoms with E-state index in [1.165, 1.54) is 17.8 Å². The Balaban J connectivity index is 1.61. The summed E-state index contributed by atoms with van der Waals surface area (Å²) in [6, 6.07) is 5.90. The summed E-state index contributed by atoms with van der Waals surface area (Å²) in [5.41, 5.74) is 1.02. The van der Waals surface area contributed by atoms with Gasteiger partial charge in [0, 0.05) is 12.1 Å². The lowest BCUT2D eigenvalue weighted by molar-refractivity contribution is 0.961. The number of nitrogens with one attached hydrogen (secondary N) is 1. The Bertz CT molecular complexity index is 464. The number of hydrogen-bond acceptors (Lipinski definition) is 5.